The third-order valence-electron chi connectivity index (χ3n) is 3.61. The van der Waals surface area contributed by atoms with E-state index in [2.05, 4.69) is 35.4 Å². The molecule has 1 saturated heterocycles. The van der Waals surface area contributed by atoms with Crippen molar-refractivity contribution in [2.45, 2.75) is 31.7 Å². The van der Waals surface area contributed by atoms with Crippen LogP contribution in [0, 0.1) is 0 Å². The number of hydrogen-bond acceptors (Lipinski definition) is 2. The summed E-state index contributed by atoms with van der Waals surface area (Å²) in [6.07, 6.45) is 4.24. The minimum atomic E-state index is -0.0903. The van der Waals surface area contributed by atoms with Crippen LogP contribution in [0.4, 0.5) is 0 Å². The summed E-state index contributed by atoms with van der Waals surface area (Å²) in [5, 5.41) is 4.23. The average molecular weight is 240 g/mol. The molecule has 2 aromatic rings. The van der Waals surface area contributed by atoms with Crippen molar-refractivity contribution in [1.82, 2.24) is 10.3 Å². The standard InChI is InChI=1S/C15H16N2O/c1-15(7-6-14(18)17-15)10-11-4-5-13-12(9-11)3-2-8-16-13/h2-5,8-9H,6-7,10H2,1H3,(H,17,18). The number of carbonyl (C=O) groups is 1. The normalized spacial score (nSPS) is 23.3. The van der Waals surface area contributed by atoms with E-state index in [0.29, 0.717) is 6.42 Å². The Hall–Kier alpha value is -1.90. The van der Waals surface area contributed by atoms with Crippen LogP contribution >= 0.6 is 0 Å². The Morgan fingerprint density at radius 1 is 1.39 bits per heavy atom. The fourth-order valence-corrected chi connectivity index (χ4v) is 2.67. The summed E-state index contributed by atoms with van der Waals surface area (Å²) in [7, 11) is 0. The predicted molar refractivity (Wildman–Crippen MR) is 71.2 cm³/mol. The molecular formula is C15H16N2O. The van der Waals surface area contributed by atoms with Gasteiger partial charge in [0.1, 0.15) is 0 Å². The van der Waals surface area contributed by atoms with Crippen molar-refractivity contribution in [2.75, 3.05) is 0 Å². The van der Waals surface area contributed by atoms with Gasteiger partial charge in [-0.1, -0.05) is 12.1 Å². The molecule has 1 amide bonds. The highest BCUT2D eigenvalue weighted by molar-refractivity contribution is 5.80. The number of aromatic nitrogens is 1. The number of carbonyl (C=O) groups excluding carboxylic acids is 1. The third kappa shape index (κ3) is 2.08. The molecule has 0 aliphatic carbocycles. The van der Waals surface area contributed by atoms with Crippen LogP contribution < -0.4 is 5.32 Å². The van der Waals surface area contributed by atoms with E-state index in [-0.39, 0.29) is 11.4 Å². The van der Waals surface area contributed by atoms with Gasteiger partial charge in [-0.3, -0.25) is 9.78 Å². The molecule has 1 N–H and O–H groups in total. The molecule has 1 atom stereocenters. The first-order valence-corrected chi connectivity index (χ1v) is 6.29. The van der Waals surface area contributed by atoms with Crippen molar-refractivity contribution in [1.29, 1.82) is 0 Å². The van der Waals surface area contributed by atoms with Crippen LogP contribution in [0.2, 0.25) is 0 Å². The first kappa shape index (κ1) is 11.2. The minimum absolute atomic E-state index is 0.0903. The zero-order valence-electron chi connectivity index (χ0n) is 10.4. The van der Waals surface area contributed by atoms with Gasteiger partial charge >= 0.3 is 0 Å². The van der Waals surface area contributed by atoms with Crippen molar-refractivity contribution in [3.05, 3.63) is 42.1 Å². The lowest BCUT2D eigenvalue weighted by Crippen LogP contribution is -2.40. The highest BCUT2D eigenvalue weighted by atomic mass is 16.2. The van der Waals surface area contributed by atoms with Gasteiger partial charge in [0.2, 0.25) is 5.91 Å². The topological polar surface area (TPSA) is 42.0 Å². The van der Waals surface area contributed by atoms with Gasteiger partial charge in [0.05, 0.1) is 5.52 Å². The Kier molecular flexibility index (Phi) is 2.54. The number of benzene rings is 1. The second kappa shape index (κ2) is 4.09. The number of nitrogens with one attached hydrogen (secondary N) is 1. The highest BCUT2D eigenvalue weighted by Gasteiger charge is 2.32. The lowest BCUT2D eigenvalue weighted by molar-refractivity contribution is -0.119. The lowest BCUT2D eigenvalue weighted by atomic mass is 9.91. The molecule has 3 rings (SSSR count). The number of hydrogen-bond donors (Lipinski definition) is 1. The monoisotopic (exact) mass is 240 g/mol. The van der Waals surface area contributed by atoms with E-state index in [1.807, 2.05) is 12.1 Å². The Morgan fingerprint density at radius 3 is 3.06 bits per heavy atom. The molecule has 18 heavy (non-hydrogen) atoms. The number of pyridine rings is 1. The molecule has 0 bridgehead atoms. The van der Waals surface area contributed by atoms with Crippen LogP contribution in [0.25, 0.3) is 10.9 Å². The first-order chi connectivity index (χ1) is 8.65. The Balaban J connectivity index is 1.89. The predicted octanol–water partition coefficient (Wildman–Crippen LogP) is 2.45. The lowest BCUT2D eigenvalue weighted by Gasteiger charge is -2.24. The van der Waals surface area contributed by atoms with Gasteiger partial charge in [0.25, 0.3) is 0 Å². The van der Waals surface area contributed by atoms with E-state index in [4.69, 9.17) is 0 Å². The third-order valence-corrected chi connectivity index (χ3v) is 3.61. The van der Waals surface area contributed by atoms with Crippen LogP contribution in [0.3, 0.4) is 0 Å². The molecule has 1 aromatic heterocycles. The Labute approximate surface area is 106 Å². The molecule has 3 heteroatoms. The summed E-state index contributed by atoms with van der Waals surface area (Å²) in [5.74, 6) is 0.167. The molecular weight excluding hydrogens is 224 g/mol. The highest BCUT2D eigenvalue weighted by Crippen LogP contribution is 2.25. The van der Waals surface area contributed by atoms with E-state index >= 15 is 0 Å². The number of amides is 1. The molecule has 0 spiro atoms. The van der Waals surface area contributed by atoms with Crippen LogP contribution in [0.15, 0.2) is 36.5 Å². The number of nitrogens with zero attached hydrogens (tertiary/aromatic N) is 1. The quantitative estimate of drug-likeness (QED) is 0.876. The fourth-order valence-electron chi connectivity index (χ4n) is 2.67. The van der Waals surface area contributed by atoms with Gasteiger partial charge in [-0.25, -0.2) is 0 Å². The van der Waals surface area contributed by atoms with E-state index in [1.165, 1.54) is 5.56 Å². The molecule has 1 aromatic carbocycles. The SMILES string of the molecule is CC1(Cc2ccc3ncccc3c2)CCC(=O)N1. The summed E-state index contributed by atoms with van der Waals surface area (Å²) in [6, 6.07) is 10.3. The van der Waals surface area contributed by atoms with E-state index < -0.39 is 0 Å². The van der Waals surface area contributed by atoms with Crippen LogP contribution in [0.1, 0.15) is 25.3 Å². The van der Waals surface area contributed by atoms with Gasteiger partial charge in [0, 0.05) is 23.5 Å². The largest absolute Gasteiger partial charge is 0.351 e. The van der Waals surface area contributed by atoms with E-state index in [9.17, 15) is 4.79 Å². The van der Waals surface area contributed by atoms with E-state index in [1.54, 1.807) is 6.20 Å². The molecule has 1 aliphatic heterocycles. The summed E-state index contributed by atoms with van der Waals surface area (Å²) in [6.45, 7) is 2.12. The molecule has 0 radical (unpaired) electrons. The zero-order valence-corrected chi connectivity index (χ0v) is 10.4. The van der Waals surface area contributed by atoms with Crippen molar-refractivity contribution in [2.24, 2.45) is 0 Å². The molecule has 1 fully saturated rings. The maximum atomic E-state index is 11.3. The fraction of sp³-hybridized carbons (Fsp3) is 0.333. The van der Waals surface area contributed by atoms with Crippen LogP contribution in [-0.2, 0) is 11.2 Å². The summed E-state index contributed by atoms with van der Waals surface area (Å²) in [4.78, 5) is 15.7. The Morgan fingerprint density at radius 2 is 2.28 bits per heavy atom. The molecule has 1 unspecified atom stereocenters. The minimum Gasteiger partial charge on any atom is -0.351 e. The number of fused-ring (bicyclic) bond motifs is 1. The number of rotatable bonds is 2. The van der Waals surface area contributed by atoms with Crippen molar-refractivity contribution in [3.63, 3.8) is 0 Å². The second-order valence-electron chi connectivity index (χ2n) is 5.32. The smallest absolute Gasteiger partial charge is 0.220 e. The average Bonchev–Trinajstić information content (AvgIpc) is 2.69. The van der Waals surface area contributed by atoms with E-state index in [0.717, 1.165) is 23.7 Å². The van der Waals surface area contributed by atoms with Crippen LogP contribution in [0.5, 0.6) is 0 Å². The van der Waals surface area contributed by atoms with Crippen molar-refractivity contribution < 1.29 is 4.79 Å². The zero-order chi connectivity index (χ0) is 12.6. The van der Waals surface area contributed by atoms with Crippen molar-refractivity contribution >= 4 is 16.8 Å². The van der Waals surface area contributed by atoms with Crippen molar-refractivity contribution in [3.8, 4) is 0 Å². The molecule has 2 heterocycles. The summed E-state index contributed by atoms with van der Waals surface area (Å²) in [5.41, 5.74) is 2.18. The van der Waals surface area contributed by atoms with Crippen LogP contribution in [-0.4, -0.2) is 16.4 Å². The molecule has 1 aliphatic rings. The van der Waals surface area contributed by atoms with Gasteiger partial charge in [0.15, 0.2) is 0 Å². The molecule has 92 valence electrons. The van der Waals surface area contributed by atoms with Gasteiger partial charge in [-0.05, 0) is 43.5 Å². The second-order valence-corrected chi connectivity index (χ2v) is 5.32. The maximum absolute atomic E-state index is 11.3. The molecule has 0 saturated carbocycles. The van der Waals surface area contributed by atoms with Gasteiger partial charge in [-0.2, -0.15) is 0 Å². The molecule has 3 nitrogen and oxygen atoms in total. The summed E-state index contributed by atoms with van der Waals surface area (Å²) >= 11 is 0. The van der Waals surface area contributed by atoms with Gasteiger partial charge in [-0.15, -0.1) is 0 Å². The van der Waals surface area contributed by atoms with Gasteiger partial charge < -0.3 is 5.32 Å². The summed E-state index contributed by atoms with van der Waals surface area (Å²) < 4.78 is 0. The maximum Gasteiger partial charge on any atom is 0.220 e. The Bertz CT molecular complexity index is 608. The first-order valence-electron chi connectivity index (χ1n) is 6.29.